The second kappa shape index (κ2) is 5.53. The van der Waals surface area contributed by atoms with Crippen molar-refractivity contribution in [2.45, 2.75) is 39.3 Å². The summed E-state index contributed by atoms with van der Waals surface area (Å²) in [5.41, 5.74) is -0.648. The van der Waals surface area contributed by atoms with Crippen molar-refractivity contribution in [3.63, 3.8) is 0 Å². The van der Waals surface area contributed by atoms with E-state index in [-0.39, 0.29) is 5.92 Å². The Morgan fingerprint density at radius 2 is 1.94 bits per heavy atom. The third-order valence-electron chi connectivity index (χ3n) is 1.84. The van der Waals surface area contributed by atoms with Gasteiger partial charge in [0.15, 0.2) is 0 Å². The average Bonchev–Trinajstić information content (AvgIpc) is 2.09. The summed E-state index contributed by atoms with van der Waals surface area (Å²) in [6, 6.07) is -1.02. The lowest BCUT2D eigenvalue weighted by Crippen LogP contribution is -2.46. The second-order valence-corrected chi connectivity index (χ2v) is 4.56. The molecule has 0 radical (unpaired) electrons. The summed E-state index contributed by atoms with van der Waals surface area (Å²) >= 11 is 0. The number of rotatable bonds is 4. The molecule has 0 aliphatic rings. The predicted octanol–water partition coefficient (Wildman–Crippen LogP) is 1.79. The zero-order valence-electron chi connectivity index (χ0n) is 10.1. The van der Waals surface area contributed by atoms with Gasteiger partial charge < -0.3 is 15.2 Å². The summed E-state index contributed by atoms with van der Waals surface area (Å²) in [5, 5.41) is 11.2. The normalized spacial score (nSPS) is 14.8. The molecule has 0 unspecified atom stereocenters. The van der Waals surface area contributed by atoms with Crippen LogP contribution in [0.3, 0.4) is 0 Å². The third kappa shape index (κ3) is 5.38. The number of nitrogens with one attached hydrogen (secondary N) is 1. The van der Waals surface area contributed by atoms with Crippen LogP contribution in [0.25, 0.3) is 0 Å². The molecule has 0 spiro atoms. The second-order valence-electron chi connectivity index (χ2n) is 4.56. The van der Waals surface area contributed by atoms with Crippen molar-refractivity contribution in [1.29, 1.82) is 0 Å². The van der Waals surface area contributed by atoms with E-state index < -0.39 is 23.7 Å². The van der Waals surface area contributed by atoms with Crippen LogP contribution in [0, 0.1) is 5.92 Å². The van der Waals surface area contributed by atoms with Gasteiger partial charge in [-0.25, -0.2) is 9.59 Å². The molecule has 0 bridgehead atoms. The molecule has 0 rings (SSSR count). The van der Waals surface area contributed by atoms with Gasteiger partial charge in [-0.1, -0.05) is 13.0 Å². The number of ether oxygens (including phenoxy) is 1. The first kappa shape index (κ1) is 14.5. The fraction of sp³-hybridized carbons (Fsp3) is 0.636. The van der Waals surface area contributed by atoms with Crippen molar-refractivity contribution >= 4 is 12.1 Å². The molecule has 0 aromatic carbocycles. The van der Waals surface area contributed by atoms with E-state index in [0.717, 1.165) is 0 Å². The minimum atomic E-state index is -1.11. The van der Waals surface area contributed by atoms with E-state index in [2.05, 4.69) is 11.9 Å². The topological polar surface area (TPSA) is 75.6 Å². The fourth-order valence-electron chi connectivity index (χ4n) is 0.989. The SMILES string of the molecule is C=C[C@H](C)[C@H](NC(=O)OC(C)(C)C)C(=O)O. The Morgan fingerprint density at radius 3 is 2.25 bits per heavy atom. The number of hydrogen-bond acceptors (Lipinski definition) is 3. The Labute approximate surface area is 95.5 Å². The molecule has 5 heteroatoms. The van der Waals surface area contributed by atoms with Crippen molar-refractivity contribution in [1.82, 2.24) is 5.32 Å². The summed E-state index contributed by atoms with van der Waals surface area (Å²) in [6.07, 6.45) is 0.726. The van der Waals surface area contributed by atoms with E-state index >= 15 is 0 Å². The highest BCUT2D eigenvalue weighted by atomic mass is 16.6. The van der Waals surface area contributed by atoms with Gasteiger partial charge in [-0.2, -0.15) is 0 Å². The molecular formula is C11H19NO4. The molecule has 2 N–H and O–H groups in total. The molecule has 5 nitrogen and oxygen atoms in total. The number of amides is 1. The van der Waals surface area contributed by atoms with Crippen LogP contribution < -0.4 is 5.32 Å². The van der Waals surface area contributed by atoms with Crippen molar-refractivity contribution in [3.8, 4) is 0 Å². The van der Waals surface area contributed by atoms with E-state index in [1.165, 1.54) is 6.08 Å². The van der Waals surface area contributed by atoms with Crippen LogP contribution in [-0.4, -0.2) is 28.8 Å². The average molecular weight is 229 g/mol. The summed E-state index contributed by atoms with van der Waals surface area (Å²) in [7, 11) is 0. The lowest BCUT2D eigenvalue weighted by atomic mass is 10.0. The molecule has 0 aromatic rings. The maximum Gasteiger partial charge on any atom is 0.408 e. The molecule has 0 saturated carbocycles. The minimum absolute atomic E-state index is 0.370. The van der Waals surface area contributed by atoms with Gasteiger partial charge in [0.05, 0.1) is 0 Å². The summed E-state index contributed by atoms with van der Waals surface area (Å²) in [5.74, 6) is -1.48. The summed E-state index contributed by atoms with van der Waals surface area (Å²) in [6.45, 7) is 10.3. The van der Waals surface area contributed by atoms with E-state index in [1.54, 1.807) is 27.7 Å². The van der Waals surface area contributed by atoms with Gasteiger partial charge >= 0.3 is 12.1 Å². The molecule has 0 saturated heterocycles. The van der Waals surface area contributed by atoms with E-state index in [9.17, 15) is 9.59 Å². The Morgan fingerprint density at radius 1 is 1.44 bits per heavy atom. The molecule has 92 valence electrons. The van der Waals surface area contributed by atoms with Gasteiger partial charge in [0.25, 0.3) is 0 Å². The van der Waals surface area contributed by atoms with Crippen LogP contribution >= 0.6 is 0 Å². The monoisotopic (exact) mass is 229 g/mol. The molecule has 2 atom stereocenters. The molecular weight excluding hydrogens is 210 g/mol. The van der Waals surface area contributed by atoms with Crippen LogP contribution in [0.5, 0.6) is 0 Å². The fourth-order valence-corrected chi connectivity index (χ4v) is 0.989. The number of carboxylic acids is 1. The Balaban J connectivity index is 4.47. The van der Waals surface area contributed by atoms with Crippen LogP contribution in [0.15, 0.2) is 12.7 Å². The Bertz CT molecular complexity index is 280. The largest absolute Gasteiger partial charge is 0.480 e. The van der Waals surface area contributed by atoms with Crippen LogP contribution in [0.4, 0.5) is 4.79 Å². The van der Waals surface area contributed by atoms with Crippen LogP contribution in [0.1, 0.15) is 27.7 Å². The summed E-state index contributed by atoms with van der Waals surface area (Å²) < 4.78 is 4.97. The first-order chi connectivity index (χ1) is 7.17. The zero-order chi connectivity index (χ0) is 12.9. The highest BCUT2D eigenvalue weighted by Crippen LogP contribution is 2.09. The number of alkyl carbamates (subject to hydrolysis) is 1. The van der Waals surface area contributed by atoms with Gasteiger partial charge in [-0.15, -0.1) is 6.58 Å². The molecule has 0 aliphatic carbocycles. The molecule has 0 heterocycles. The molecule has 0 aromatic heterocycles. The Kier molecular flexibility index (Phi) is 5.01. The smallest absolute Gasteiger partial charge is 0.408 e. The molecule has 0 fully saturated rings. The van der Waals surface area contributed by atoms with Gasteiger partial charge in [0.2, 0.25) is 0 Å². The van der Waals surface area contributed by atoms with Crippen molar-refractivity contribution in [3.05, 3.63) is 12.7 Å². The standard InChI is InChI=1S/C11H19NO4/c1-6-7(2)8(9(13)14)12-10(15)16-11(3,4)5/h6-8H,1H2,2-5H3,(H,12,15)(H,13,14)/t7-,8-/m0/s1. The first-order valence-corrected chi connectivity index (χ1v) is 5.02. The third-order valence-corrected chi connectivity index (χ3v) is 1.84. The van der Waals surface area contributed by atoms with Crippen LogP contribution in [0.2, 0.25) is 0 Å². The number of hydrogen-bond donors (Lipinski definition) is 2. The van der Waals surface area contributed by atoms with Crippen molar-refractivity contribution < 1.29 is 19.4 Å². The molecule has 1 amide bonds. The van der Waals surface area contributed by atoms with E-state index in [0.29, 0.717) is 0 Å². The van der Waals surface area contributed by atoms with Gasteiger partial charge in [0.1, 0.15) is 11.6 Å². The number of aliphatic carboxylic acids is 1. The minimum Gasteiger partial charge on any atom is -0.480 e. The first-order valence-electron chi connectivity index (χ1n) is 5.02. The van der Waals surface area contributed by atoms with Gasteiger partial charge in [0, 0.05) is 5.92 Å². The van der Waals surface area contributed by atoms with Crippen molar-refractivity contribution in [2.24, 2.45) is 5.92 Å². The number of carbonyl (C=O) groups excluding carboxylic acids is 1. The lowest BCUT2D eigenvalue weighted by Gasteiger charge is -2.23. The maximum absolute atomic E-state index is 11.4. The van der Waals surface area contributed by atoms with Gasteiger partial charge in [-0.3, -0.25) is 0 Å². The zero-order valence-corrected chi connectivity index (χ0v) is 10.1. The highest BCUT2D eigenvalue weighted by Gasteiger charge is 2.27. The predicted molar refractivity (Wildman–Crippen MR) is 60.2 cm³/mol. The summed E-state index contributed by atoms with van der Waals surface area (Å²) in [4.78, 5) is 22.2. The number of carboxylic acid groups (broad SMARTS) is 1. The van der Waals surface area contributed by atoms with Crippen LogP contribution in [-0.2, 0) is 9.53 Å². The maximum atomic E-state index is 11.4. The highest BCUT2D eigenvalue weighted by molar-refractivity contribution is 5.80. The van der Waals surface area contributed by atoms with E-state index in [1.807, 2.05) is 0 Å². The van der Waals surface area contributed by atoms with Crippen molar-refractivity contribution in [2.75, 3.05) is 0 Å². The Hall–Kier alpha value is -1.52. The van der Waals surface area contributed by atoms with Gasteiger partial charge in [-0.05, 0) is 20.8 Å². The number of carbonyl (C=O) groups is 2. The quantitative estimate of drug-likeness (QED) is 0.720. The molecule has 0 aliphatic heterocycles. The van der Waals surface area contributed by atoms with E-state index in [4.69, 9.17) is 9.84 Å². The lowest BCUT2D eigenvalue weighted by molar-refractivity contribution is -0.140. The molecule has 16 heavy (non-hydrogen) atoms.